The summed E-state index contributed by atoms with van der Waals surface area (Å²) >= 11 is 0. The summed E-state index contributed by atoms with van der Waals surface area (Å²) in [7, 11) is 0. The van der Waals surface area contributed by atoms with Crippen LogP contribution in [0.3, 0.4) is 0 Å². The maximum atomic E-state index is 11.2. The second-order valence-corrected chi connectivity index (χ2v) is 5.22. The fourth-order valence-corrected chi connectivity index (χ4v) is 2.34. The summed E-state index contributed by atoms with van der Waals surface area (Å²) in [6, 6.07) is -0.445. The number of carbonyl (C=O) groups is 1. The second kappa shape index (κ2) is 5.06. The van der Waals surface area contributed by atoms with Crippen LogP contribution in [0.15, 0.2) is 4.52 Å². The van der Waals surface area contributed by atoms with Crippen LogP contribution in [0.1, 0.15) is 44.8 Å². The van der Waals surface area contributed by atoms with Crippen LogP contribution in [-0.4, -0.2) is 38.7 Å². The van der Waals surface area contributed by atoms with Crippen molar-refractivity contribution in [3.05, 3.63) is 11.7 Å². The largest absolute Gasteiger partial charge is 0.480 e. The lowest BCUT2D eigenvalue weighted by Crippen LogP contribution is -2.38. The van der Waals surface area contributed by atoms with Gasteiger partial charge in [-0.05, 0) is 18.9 Å². The van der Waals surface area contributed by atoms with Gasteiger partial charge in [-0.1, -0.05) is 25.9 Å². The van der Waals surface area contributed by atoms with Crippen LogP contribution >= 0.6 is 0 Å². The normalized spacial score (nSPS) is 24.9. The summed E-state index contributed by atoms with van der Waals surface area (Å²) in [6.45, 7) is 7.13. The first kappa shape index (κ1) is 13.0. The Kier molecular flexibility index (Phi) is 3.65. The number of carboxylic acids is 1. The van der Waals surface area contributed by atoms with Crippen molar-refractivity contribution in [1.82, 2.24) is 15.0 Å². The van der Waals surface area contributed by atoms with Crippen LogP contribution in [0.4, 0.5) is 0 Å². The van der Waals surface area contributed by atoms with E-state index in [2.05, 4.69) is 10.1 Å². The highest BCUT2D eigenvalue weighted by Crippen LogP contribution is 2.25. The molecule has 2 atom stereocenters. The molecule has 1 aromatic heterocycles. The molecule has 0 amide bonds. The van der Waals surface area contributed by atoms with E-state index in [-0.39, 0.29) is 11.8 Å². The first-order chi connectivity index (χ1) is 8.49. The minimum Gasteiger partial charge on any atom is -0.480 e. The van der Waals surface area contributed by atoms with E-state index in [1.165, 1.54) is 0 Å². The third-order valence-electron chi connectivity index (χ3n) is 3.40. The number of nitrogens with zero attached hydrogens (tertiary/aromatic N) is 3. The highest BCUT2D eigenvalue weighted by molar-refractivity contribution is 5.74. The summed E-state index contributed by atoms with van der Waals surface area (Å²) in [5.74, 6) is 0.775. The van der Waals surface area contributed by atoms with Gasteiger partial charge in [0.2, 0.25) is 5.89 Å². The average Bonchev–Trinajstić information content (AvgIpc) is 2.86. The Labute approximate surface area is 106 Å². The lowest BCUT2D eigenvalue weighted by atomic mass is 10.0. The van der Waals surface area contributed by atoms with Crippen molar-refractivity contribution in [2.75, 3.05) is 6.54 Å². The second-order valence-electron chi connectivity index (χ2n) is 5.22. The lowest BCUT2D eigenvalue weighted by molar-refractivity contribution is -0.143. The van der Waals surface area contributed by atoms with Gasteiger partial charge in [-0.2, -0.15) is 4.98 Å². The van der Waals surface area contributed by atoms with Gasteiger partial charge in [0.05, 0.1) is 6.54 Å². The van der Waals surface area contributed by atoms with E-state index in [9.17, 15) is 9.90 Å². The minimum atomic E-state index is -0.774. The molecule has 1 aromatic rings. The Bertz CT molecular complexity index is 430. The van der Waals surface area contributed by atoms with Gasteiger partial charge in [-0.15, -0.1) is 0 Å². The topological polar surface area (TPSA) is 79.5 Å². The van der Waals surface area contributed by atoms with Crippen molar-refractivity contribution in [3.8, 4) is 0 Å². The van der Waals surface area contributed by atoms with E-state index >= 15 is 0 Å². The van der Waals surface area contributed by atoms with Crippen LogP contribution < -0.4 is 0 Å². The molecule has 0 saturated carbocycles. The smallest absolute Gasteiger partial charge is 0.321 e. The number of aromatic nitrogens is 2. The molecule has 2 unspecified atom stereocenters. The predicted molar refractivity (Wildman–Crippen MR) is 64.0 cm³/mol. The maximum Gasteiger partial charge on any atom is 0.321 e. The van der Waals surface area contributed by atoms with Gasteiger partial charge in [0.1, 0.15) is 6.04 Å². The van der Waals surface area contributed by atoms with Gasteiger partial charge in [0, 0.05) is 5.92 Å². The number of rotatable bonds is 4. The molecule has 1 aliphatic rings. The van der Waals surface area contributed by atoms with Gasteiger partial charge >= 0.3 is 5.97 Å². The van der Waals surface area contributed by atoms with Gasteiger partial charge in [0.15, 0.2) is 5.82 Å². The fourth-order valence-electron chi connectivity index (χ4n) is 2.34. The van der Waals surface area contributed by atoms with Crippen molar-refractivity contribution < 1.29 is 14.4 Å². The lowest BCUT2D eigenvalue weighted by Gasteiger charge is -2.20. The van der Waals surface area contributed by atoms with Crippen LogP contribution in [0.2, 0.25) is 0 Å². The Balaban J connectivity index is 2.06. The molecular formula is C12H19N3O3. The summed E-state index contributed by atoms with van der Waals surface area (Å²) in [4.78, 5) is 17.4. The molecule has 6 heteroatoms. The van der Waals surface area contributed by atoms with Crippen molar-refractivity contribution >= 4 is 5.97 Å². The molecular weight excluding hydrogens is 234 g/mol. The van der Waals surface area contributed by atoms with Crippen molar-refractivity contribution in [2.24, 2.45) is 5.92 Å². The fraction of sp³-hybridized carbons (Fsp3) is 0.750. The summed E-state index contributed by atoms with van der Waals surface area (Å²) in [6.07, 6.45) is 0.891. The van der Waals surface area contributed by atoms with Crippen LogP contribution in [0.5, 0.6) is 0 Å². The predicted octanol–water partition coefficient (Wildman–Crippen LogP) is 1.49. The summed E-state index contributed by atoms with van der Waals surface area (Å²) < 4.78 is 5.16. The molecule has 1 fully saturated rings. The van der Waals surface area contributed by atoms with Crippen LogP contribution in [0.25, 0.3) is 0 Å². The summed E-state index contributed by atoms with van der Waals surface area (Å²) in [5, 5.41) is 13.1. The Morgan fingerprint density at radius 3 is 2.89 bits per heavy atom. The number of hydrogen-bond acceptors (Lipinski definition) is 5. The third kappa shape index (κ3) is 2.53. The highest BCUT2D eigenvalue weighted by Gasteiger charge is 2.37. The molecule has 1 N–H and O–H groups in total. The average molecular weight is 253 g/mol. The maximum absolute atomic E-state index is 11.2. The zero-order chi connectivity index (χ0) is 13.3. The van der Waals surface area contributed by atoms with E-state index in [4.69, 9.17) is 4.52 Å². The molecule has 2 heterocycles. The molecule has 0 aliphatic carbocycles. The Morgan fingerprint density at radius 1 is 1.61 bits per heavy atom. The summed E-state index contributed by atoms with van der Waals surface area (Å²) in [5.41, 5.74) is 0. The van der Waals surface area contributed by atoms with E-state index < -0.39 is 12.0 Å². The quantitative estimate of drug-likeness (QED) is 0.875. The monoisotopic (exact) mass is 253 g/mol. The zero-order valence-electron chi connectivity index (χ0n) is 11.0. The Hall–Kier alpha value is -1.43. The number of hydrogen-bond donors (Lipinski definition) is 1. The number of likely N-dealkylation sites (tertiary alicyclic amines) is 1. The minimum absolute atomic E-state index is 0.162. The van der Waals surface area contributed by atoms with Crippen molar-refractivity contribution in [2.45, 2.75) is 45.7 Å². The first-order valence-corrected chi connectivity index (χ1v) is 6.28. The molecule has 0 spiro atoms. The molecule has 100 valence electrons. The number of aliphatic carboxylic acids is 1. The highest BCUT2D eigenvalue weighted by atomic mass is 16.5. The molecule has 0 aromatic carbocycles. The molecule has 1 saturated heterocycles. The van der Waals surface area contributed by atoms with Gasteiger partial charge in [0.25, 0.3) is 0 Å². The Morgan fingerprint density at radius 2 is 2.33 bits per heavy atom. The van der Waals surface area contributed by atoms with Crippen molar-refractivity contribution in [1.29, 1.82) is 0 Å². The number of carboxylic acid groups (broad SMARTS) is 1. The van der Waals surface area contributed by atoms with Gasteiger partial charge in [-0.3, -0.25) is 9.69 Å². The molecule has 0 bridgehead atoms. The molecule has 2 rings (SSSR count). The van der Waals surface area contributed by atoms with E-state index in [0.717, 1.165) is 13.0 Å². The van der Waals surface area contributed by atoms with Crippen molar-refractivity contribution in [3.63, 3.8) is 0 Å². The molecule has 1 aliphatic heterocycles. The third-order valence-corrected chi connectivity index (χ3v) is 3.40. The molecule has 18 heavy (non-hydrogen) atoms. The molecule has 0 radical (unpaired) electrons. The van der Waals surface area contributed by atoms with E-state index in [1.54, 1.807) is 0 Å². The standard InChI is InChI=1S/C12H19N3O3/c1-7(2)11-13-9(18-14-11)6-15-5-4-8(3)10(15)12(16)17/h7-8,10H,4-6H2,1-3H3,(H,16,17). The zero-order valence-corrected chi connectivity index (χ0v) is 11.0. The van der Waals surface area contributed by atoms with E-state index in [0.29, 0.717) is 18.3 Å². The van der Waals surface area contributed by atoms with Crippen LogP contribution in [-0.2, 0) is 11.3 Å². The van der Waals surface area contributed by atoms with Crippen LogP contribution in [0, 0.1) is 5.92 Å². The van der Waals surface area contributed by atoms with Gasteiger partial charge < -0.3 is 9.63 Å². The van der Waals surface area contributed by atoms with E-state index in [1.807, 2.05) is 25.7 Å². The first-order valence-electron chi connectivity index (χ1n) is 6.28. The SMILES string of the molecule is CC(C)c1noc(CN2CCC(C)C2C(=O)O)n1. The molecule has 6 nitrogen and oxygen atoms in total. The van der Waals surface area contributed by atoms with Gasteiger partial charge in [-0.25, -0.2) is 0 Å².